The van der Waals surface area contributed by atoms with E-state index in [1.165, 1.54) is 0 Å². The molecule has 0 aliphatic carbocycles. The molecule has 0 saturated carbocycles. The van der Waals surface area contributed by atoms with E-state index in [9.17, 15) is 9.59 Å². The van der Waals surface area contributed by atoms with Gasteiger partial charge in [0.15, 0.2) is 0 Å². The largest absolute Gasteiger partial charge is 0.336 e. The fourth-order valence-electron chi connectivity index (χ4n) is 2.51. The molecule has 0 aromatic heterocycles. The van der Waals surface area contributed by atoms with Crippen molar-refractivity contribution in [2.45, 2.75) is 64.5 Å². The number of carbonyl (C=O) groups is 2. The molecule has 2 unspecified atom stereocenters. The molecule has 4 heteroatoms. The topological polar surface area (TPSA) is 40.2 Å². The Morgan fingerprint density at radius 1 is 0.889 bits per heavy atom. The number of nitrogens with zero attached hydrogens (tertiary/aromatic N) is 2. The summed E-state index contributed by atoms with van der Waals surface area (Å²) >= 11 is 0. The standard InChI is InChI=1S/C14H24N2O2/c1-3-11-9-15(11)13(17)7-5-6-8-14(18)16-10-12(16)4-2/h11-12H,3-10H2,1-2H3. The fourth-order valence-corrected chi connectivity index (χ4v) is 2.51. The Morgan fingerprint density at radius 3 is 1.56 bits per heavy atom. The molecule has 2 aliphatic heterocycles. The summed E-state index contributed by atoms with van der Waals surface area (Å²) in [6.45, 7) is 6.12. The first-order valence-corrected chi connectivity index (χ1v) is 7.26. The molecule has 2 aliphatic rings. The third kappa shape index (κ3) is 3.24. The second-order valence-corrected chi connectivity index (χ2v) is 5.42. The molecule has 2 atom stereocenters. The molecule has 0 bridgehead atoms. The van der Waals surface area contributed by atoms with Crippen LogP contribution < -0.4 is 0 Å². The zero-order chi connectivity index (χ0) is 13.1. The highest BCUT2D eigenvalue weighted by atomic mass is 16.2. The van der Waals surface area contributed by atoms with Crippen molar-refractivity contribution in [2.24, 2.45) is 0 Å². The van der Waals surface area contributed by atoms with Gasteiger partial charge in [-0.3, -0.25) is 9.59 Å². The minimum absolute atomic E-state index is 0.271. The summed E-state index contributed by atoms with van der Waals surface area (Å²) in [7, 11) is 0. The van der Waals surface area contributed by atoms with Gasteiger partial charge >= 0.3 is 0 Å². The summed E-state index contributed by atoms with van der Waals surface area (Å²) in [5, 5.41) is 0. The van der Waals surface area contributed by atoms with Crippen LogP contribution in [-0.4, -0.2) is 46.8 Å². The average Bonchev–Trinajstić information content (AvgIpc) is 3.27. The lowest BCUT2D eigenvalue weighted by Gasteiger charge is -2.05. The molecule has 0 N–H and O–H groups in total. The lowest BCUT2D eigenvalue weighted by molar-refractivity contribution is -0.128. The highest BCUT2D eigenvalue weighted by Crippen LogP contribution is 2.24. The molecule has 0 aromatic rings. The summed E-state index contributed by atoms with van der Waals surface area (Å²) in [5.74, 6) is 0.542. The summed E-state index contributed by atoms with van der Waals surface area (Å²) in [5.41, 5.74) is 0. The van der Waals surface area contributed by atoms with Crippen molar-refractivity contribution in [3.8, 4) is 0 Å². The molecular weight excluding hydrogens is 228 g/mol. The minimum atomic E-state index is 0.271. The van der Waals surface area contributed by atoms with E-state index in [1.807, 2.05) is 9.80 Å². The van der Waals surface area contributed by atoms with E-state index in [-0.39, 0.29) is 11.8 Å². The Morgan fingerprint density at radius 2 is 1.28 bits per heavy atom. The van der Waals surface area contributed by atoms with Crippen molar-refractivity contribution in [3.05, 3.63) is 0 Å². The lowest BCUT2D eigenvalue weighted by atomic mass is 10.2. The molecule has 18 heavy (non-hydrogen) atoms. The Balaban J connectivity index is 1.51. The third-order valence-corrected chi connectivity index (χ3v) is 4.04. The van der Waals surface area contributed by atoms with Crippen LogP contribution in [0.3, 0.4) is 0 Å². The summed E-state index contributed by atoms with van der Waals surface area (Å²) in [6.07, 6.45) is 5.06. The number of amides is 2. The van der Waals surface area contributed by atoms with Crippen LogP contribution in [0.25, 0.3) is 0 Å². The van der Waals surface area contributed by atoms with E-state index in [2.05, 4.69) is 13.8 Å². The molecular formula is C14H24N2O2. The van der Waals surface area contributed by atoms with Gasteiger partial charge in [0.1, 0.15) is 0 Å². The minimum Gasteiger partial charge on any atom is -0.336 e. The maximum atomic E-state index is 11.7. The molecule has 2 saturated heterocycles. The predicted molar refractivity (Wildman–Crippen MR) is 70.1 cm³/mol. The number of unbranched alkanes of at least 4 members (excludes halogenated alkanes) is 1. The summed E-state index contributed by atoms with van der Waals surface area (Å²) in [4.78, 5) is 27.3. The SMILES string of the molecule is CCC1CN1C(=O)CCCCC(=O)N1CC1CC. The number of carbonyl (C=O) groups excluding carboxylic acids is 2. The first-order valence-electron chi connectivity index (χ1n) is 7.26. The Hall–Kier alpha value is -1.06. The highest BCUT2D eigenvalue weighted by Gasteiger charge is 2.37. The lowest BCUT2D eigenvalue weighted by Crippen LogP contribution is -2.14. The van der Waals surface area contributed by atoms with Gasteiger partial charge in [-0.15, -0.1) is 0 Å². The first-order chi connectivity index (χ1) is 8.67. The monoisotopic (exact) mass is 252 g/mol. The maximum absolute atomic E-state index is 11.7. The van der Waals surface area contributed by atoms with E-state index >= 15 is 0 Å². The average molecular weight is 252 g/mol. The zero-order valence-electron chi connectivity index (χ0n) is 11.5. The maximum Gasteiger partial charge on any atom is 0.222 e. The van der Waals surface area contributed by atoms with E-state index in [0.29, 0.717) is 24.9 Å². The van der Waals surface area contributed by atoms with Crippen LogP contribution in [0.2, 0.25) is 0 Å². The van der Waals surface area contributed by atoms with Gasteiger partial charge in [-0.05, 0) is 25.7 Å². The Bertz CT molecular complexity index is 298. The Labute approximate surface area is 109 Å². The smallest absolute Gasteiger partial charge is 0.222 e. The van der Waals surface area contributed by atoms with Crippen molar-refractivity contribution in [3.63, 3.8) is 0 Å². The quantitative estimate of drug-likeness (QED) is 0.512. The van der Waals surface area contributed by atoms with Crippen molar-refractivity contribution < 1.29 is 9.59 Å². The molecule has 2 heterocycles. The zero-order valence-corrected chi connectivity index (χ0v) is 11.5. The van der Waals surface area contributed by atoms with Crippen molar-refractivity contribution in [1.29, 1.82) is 0 Å². The number of rotatable bonds is 7. The highest BCUT2D eigenvalue weighted by molar-refractivity contribution is 5.80. The first kappa shape index (κ1) is 13.4. The third-order valence-electron chi connectivity index (χ3n) is 4.04. The van der Waals surface area contributed by atoms with Crippen LogP contribution in [0, 0.1) is 0 Å². The molecule has 102 valence electrons. The Kier molecular flexibility index (Phi) is 4.25. The molecule has 4 nitrogen and oxygen atoms in total. The second-order valence-electron chi connectivity index (χ2n) is 5.42. The summed E-state index contributed by atoms with van der Waals surface area (Å²) < 4.78 is 0. The van der Waals surface area contributed by atoms with Crippen molar-refractivity contribution in [1.82, 2.24) is 9.80 Å². The van der Waals surface area contributed by atoms with Crippen LogP contribution in [0.5, 0.6) is 0 Å². The number of hydrogen-bond donors (Lipinski definition) is 0. The fraction of sp³-hybridized carbons (Fsp3) is 0.857. The molecule has 0 aromatic carbocycles. The van der Waals surface area contributed by atoms with Gasteiger partial charge in [0.2, 0.25) is 11.8 Å². The van der Waals surface area contributed by atoms with Crippen molar-refractivity contribution in [2.75, 3.05) is 13.1 Å². The van der Waals surface area contributed by atoms with Crippen LogP contribution in [0.15, 0.2) is 0 Å². The van der Waals surface area contributed by atoms with E-state index in [4.69, 9.17) is 0 Å². The molecule has 2 amide bonds. The van der Waals surface area contributed by atoms with E-state index < -0.39 is 0 Å². The van der Waals surface area contributed by atoms with Gasteiger partial charge in [-0.2, -0.15) is 0 Å². The predicted octanol–water partition coefficient (Wildman–Crippen LogP) is 1.79. The van der Waals surface area contributed by atoms with Crippen molar-refractivity contribution >= 4 is 11.8 Å². The molecule has 2 fully saturated rings. The van der Waals surface area contributed by atoms with Crippen LogP contribution in [0.1, 0.15) is 52.4 Å². The molecule has 0 spiro atoms. The molecule has 2 rings (SSSR count). The normalized spacial score (nSPS) is 25.2. The van der Waals surface area contributed by atoms with Gasteiger partial charge in [-0.1, -0.05) is 13.8 Å². The van der Waals surface area contributed by atoms with Gasteiger partial charge < -0.3 is 9.80 Å². The molecule has 0 radical (unpaired) electrons. The van der Waals surface area contributed by atoms with Gasteiger partial charge in [0.25, 0.3) is 0 Å². The van der Waals surface area contributed by atoms with Crippen LogP contribution >= 0.6 is 0 Å². The second kappa shape index (κ2) is 5.72. The summed E-state index contributed by atoms with van der Waals surface area (Å²) in [6, 6.07) is 1.00. The van der Waals surface area contributed by atoms with Crippen LogP contribution in [0.4, 0.5) is 0 Å². The van der Waals surface area contributed by atoms with Crippen LogP contribution in [-0.2, 0) is 9.59 Å². The van der Waals surface area contributed by atoms with E-state index in [0.717, 1.165) is 38.8 Å². The van der Waals surface area contributed by atoms with Gasteiger partial charge in [0.05, 0.1) is 0 Å². The van der Waals surface area contributed by atoms with E-state index in [1.54, 1.807) is 0 Å². The number of hydrogen-bond acceptors (Lipinski definition) is 2. The van der Waals surface area contributed by atoms with Gasteiger partial charge in [-0.25, -0.2) is 0 Å². The van der Waals surface area contributed by atoms with Gasteiger partial charge in [0, 0.05) is 38.0 Å².